The molecule has 0 saturated heterocycles. The number of para-hydroxylation sites is 1. The number of aryl methyl sites for hydroxylation is 1. The van der Waals surface area contributed by atoms with Gasteiger partial charge in [-0.15, -0.1) is 0 Å². The van der Waals surface area contributed by atoms with Crippen molar-refractivity contribution in [3.05, 3.63) is 41.2 Å². The lowest BCUT2D eigenvalue weighted by Gasteiger charge is -2.34. The quantitative estimate of drug-likeness (QED) is 0.571. The van der Waals surface area contributed by atoms with E-state index in [-0.39, 0.29) is 18.0 Å². The first kappa shape index (κ1) is 16.3. The van der Waals surface area contributed by atoms with Crippen LogP contribution in [0.15, 0.2) is 24.3 Å². The van der Waals surface area contributed by atoms with E-state index in [1.807, 2.05) is 31.2 Å². The van der Waals surface area contributed by atoms with Gasteiger partial charge in [-0.25, -0.2) is 9.97 Å². The zero-order valence-electron chi connectivity index (χ0n) is 15.2. The first-order chi connectivity index (χ1) is 13.1. The van der Waals surface area contributed by atoms with Crippen LogP contribution in [-0.4, -0.2) is 39.5 Å². The predicted molar refractivity (Wildman–Crippen MR) is 105 cm³/mol. The number of aromatic amines is 1. The molecule has 3 aromatic rings. The molecule has 7 heteroatoms. The number of nitrogens with two attached hydrogens (primary N) is 1. The molecular weight excluding hydrogens is 340 g/mol. The van der Waals surface area contributed by atoms with Crippen molar-refractivity contribution in [1.82, 2.24) is 20.3 Å². The summed E-state index contributed by atoms with van der Waals surface area (Å²) in [6.45, 7) is 2.62. The van der Waals surface area contributed by atoms with E-state index in [1.54, 1.807) is 0 Å². The van der Waals surface area contributed by atoms with E-state index in [0.717, 1.165) is 58.8 Å². The summed E-state index contributed by atoms with van der Waals surface area (Å²) in [5.74, 6) is 0.756. The summed E-state index contributed by atoms with van der Waals surface area (Å²) in [4.78, 5) is 25.1. The lowest BCUT2D eigenvalue weighted by Crippen LogP contribution is -2.49. The Kier molecular flexibility index (Phi) is 3.65. The minimum atomic E-state index is -0.0257. The van der Waals surface area contributed by atoms with Crippen LogP contribution in [0.5, 0.6) is 0 Å². The zero-order valence-corrected chi connectivity index (χ0v) is 15.2. The molecule has 2 aromatic heterocycles. The number of fused-ring (bicyclic) bond motifs is 2. The summed E-state index contributed by atoms with van der Waals surface area (Å²) >= 11 is 0. The Hall–Kier alpha value is -2.93. The van der Waals surface area contributed by atoms with Crippen molar-refractivity contribution < 1.29 is 4.79 Å². The highest BCUT2D eigenvalue weighted by molar-refractivity contribution is 5.99. The third-order valence-corrected chi connectivity index (χ3v) is 5.61. The number of H-pyrrole nitrogens is 1. The minimum Gasteiger partial charge on any atom is -0.364 e. The molecule has 5 rings (SSSR count). The van der Waals surface area contributed by atoms with Gasteiger partial charge in [-0.2, -0.15) is 0 Å². The standard InChI is InChI=1S/C20H22N6O/c1-10-19(25-15-6-5-13(15)21)26-18-11(3-2-4-16(18)23-10)17-9-12-14(24-17)7-8-22-20(12)27/h2-4,9,13,15,24H,5-8,21H2,1H3,(H,22,27)(H,25,26). The number of hydrogen-bond acceptors (Lipinski definition) is 5. The molecule has 138 valence electrons. The summed E-state index contributed by atoms with van der Waals surface area (Å²) in [6, 6.07) is 8.29. The fourth-order valence-corrected chi connectivity index (χ4v) is 3.84. The normalized spacial score (nSPS) is 21.5. The van der Waals surface area contributed by atoms with Crippen molar-refractivity contribution in [1.29, 1.82) is 0 Å². The van der Waals surface area contributed by atoms with Crippen LogP contribution in [0.1, 0.15) is 34.6 Å². The molecule has 2 aliphatic rings. The number of carbonyl (C=O) groups is 1. The van der Waals surface area contributed by atoms with E-state index in [2.05, 4.69) is 15.6 Å². The van der Waals surface area contributed by atoms with Crippen LogP contribution >= 0.6 is 0 Å². The summed E-state index contributed by atoms with van der Waals surface area (Å²) in [5, 5.41) is 6.34. The number of aromatic nitrogens is 3. The van der Waals surface area contributed by atoms with Crippen LogP contribution in [0.4, 0.5) is 5.82 Å². The van der Waals surface area contributed by atoms with Gasteiger partial charge in [0.1, 0.15) is 11.3 Å². The number of anilines is 1. The van der Waals surface area contributed by atoms with E-state index in [1.165, 1.54) is 0 Å². The second-order valence-corrected chi connectivity index (χ2v) is 7.40. The number of carbonyl (C=O) groups excluding carboxylic acids is 1. The highest BCUT2D eigenvalue weighted by atomic mass is 16.1. The van der Waals surface area contributed by atoms with E-state index in [0.29, 0.717) is 12.1 Å². The first-order valence-corrected chi connectivity index (χ1v) is 9.40. The molecule has 0 radical (unpaired) electrons. The fourth-order valence-electron chi connectivity index (χ4n) is 3.84. The van der Waals surface area contributed by atoms with Gasteiger partial charge in [0.2, 0.25) is 0 Å². The maximum absolute atomic E-state index is 12.1. The number of benzene rings is 1. The van der Waals surface area contributed by atoms with E-state index in [4.69, 9.17) is 15.7 Å². The van der Waals surface area contributed by atoms with Crippen molar-refractivity contribution >= 4 is 22.8 Å². The maximum atomic E-state index is 12.1. The van der Waals surface area contributed by atoms with Gasteiger partial charge in [0.25, 0.3) is 5.91 Å². The highest BCUT2D eigenvalue weighted by Crippen LogP contribution is 2.31. The molecule has 1 amide bonds. The van der Waals surface area contributed by atoms with Crippen LogP contribution in [0.3, 0.4) is 0 Å². The monoisotopic (exact) mass is 362 g/mol. The van der Waals surface area contributed by atoms with Gasteiger partial charge in [0.05, 0.1) is 16.8 Å². The Morgan fingerprint density at radius 1 is 1.22 bits per heavy atom. The van der Waals surface area contributed by atoms with Gasteiger partial charge >= 0.3 is 0 Å². The molecule has 2 atom stereocenters. The molecule has 1 aliphatic heterocycles. The van der Waals surface area contributed by atoms with E-state index < -0.39 is 0 Å². The summed E-state index contributed by atoms with van der Waals surface area (Å²) < 4.78 is 0. The van der Waals surface area contributed by atoms with E-state index >= 15 is 0 Å². The van der Waals surface area contributed by atoms with Crippen molar-refractivity contribution in [2.45, 2.75) is 38.3 Å². The van der Waals surface area contributed by atoms with Crippen LogP contribution in [-0.2, 0) is 6.42 Å². The molecule has 0 spiro atoms. The van der Waals surface area contributed by atoms with Crippen LogP contribution in [0, 0.1) is 6.92 Å². The van der Waals surface area contributed by atoms with Crippen molar-refractivity contribution in [2.24, 2.45) is 5.73 Å². The highest BCUT2D eigenvalue weighted by Gasteiger charge is 2.28. The Morgan fingerprint density at radius 3 is 2.85 bits per heavy atom. The first-order valence-electron chi connectivity index (χ1n) is 9.40. The zero-order chi connectivity index (χ0) is 18.5. The molecule has 7 nitrogen and oxygen atoms in total. The average Bonchev–Trinajstić information content (AvgIpc) is 3.10. The Balaban J connectivity index is 1.61. The molecule has 1 saturated carbocycles. The Labute approximate surface area is 156 Å². The molecule has 2 unspecified atom stereocenters. The lowest BCUT2D eigenvalue weighted by molar-refractivity contribution is 0.0946. The van der Waals surface area contributed by atoms with Gasteiger partial charge in [-0.1, -0.05) is 12.1 Å². The van der Waals surface area contributed by atoms with Crippen LogP contribution in [0.25, 0.3) is 22.3 Å². The van der Waals surface area contributed by atoms with Crippen LogP contribution in [0.2, 0.25) is 0 Å². The smallest absolute Gasteiger partial charge is 0.253 e. The minimum absolute atomic E-state index is 0.0257. The number of rotatable bonds is 3. The third-order valence-electron chi connectivity index (χ3n) is 5.61. The molecule has 1 fully saturated rings. The summed E-state index contributed by atoms with van der Waals surface area (Å²) in [5.41, 5.74) is 12.1. The van der Waals surface area contributed by atoms with Crippen molar-refractivity contribution in [3.63, 3.8) is 0 Å². The molecule has 27 heavy (non-hydrogen) atoms. The molecular formula is C20H22N6O. The summed E-state index contributed by atoms with van der Waals surface area (Å²) in [7, 11) is 0. The van der Waals surface area contributed by atoms with Crippen molar-refractivity contribution in [3.8, 4) is 11.3 Å². The molecule has 1 aromatic carbocycles. The third kappa shape index (κ3) is 2.66. The number of amides is 1. The topological polar surface area (TPSA) is 109 Å². The molecule has 0 bridgehead atoms. The molecule has 5 N–H and O–H groups in total. The second kappa shape index (κ2) is 6.06. The SMILES string of the molecule is Cc1nc2cccc(-c3cc4c([nH]3)CCNC4=O)c2nc1NC1CCC1N. The second-order valence-electron chi connectivity index (χ2n) is 7.40. The fraction of sp³-hybridized carbons (Fsp3) is 0.350. The van der Waals surface area contributed by atoms with Gasteiger partial charge in [-0.3, -0.25) is 4.79 Å². The van der Waals surface area contributed by atoms with Gasteiger partial charge < -0.3 is 21.4 Å². The van der Waals surface area contributed by atoms with Gasteiger partial charge in [0, 0.05) is 42.0 Å². The number of nitrogens with zero attached hydrogens (tertiary/aromatic N) is 2. The van der Waals surface area contributed by atoms with Crippen LogP contribution < -0.4 is 16.4 Å². The van der Waals surface area contributed by atoms with Gasteiger partial charge in [-0.05, 0) is 31.9 Å². The number of nitrogens with one attached hydrogen (secondary N) is 3. The van der Waals surface area contributed by atoms with Crippen molar-refractivity contribution in [2.75, 3.05) is 11.9 Å². The maximum Gasteiger partial charge on any atom is 0.253 e. The Morgan fingerprint density at radius 2 is 2.11 bits per heavy atom. The largest absolute Gasteiger partial charge is 0.364 e. The predicted octanol–water partition coefficient (Wildman–Crippen LogP) is 2.12. The average molecular weight is 362 g/mol. The lowest BCUT2D eigenvalue weighted by atomic mass is 9.87. The Bertz CT molecular complexity index is 1060. The molecule has 3 heterocycles. The summed E-state index contributed by atoms with van der Waals surface area (Å²) in [6.07, 6.45) is 2.91. The number of hydrogen-bond donors (Lipinski definition) is 4. The van der Waals surface area contributed by atoms with Gasteiger partial charge in [0.15, 0.2) is 0 Å². The molecule has 1 aliphatic carbocycles. The van der Waals surface area contributed by atoms with E-state index in [9.17, 15) is 4.79 Å².